The lowest BCUT2D eigenvalue weighted by Gasteiger charge is -2.35. The van der Waals surface area contributed by atoms with E-state index in [0.29, 0.717) is 19.6 Å². The first kappa shape index (κ1) is 14.2. The molecule has 1 rings (SSSR count). The van der Waals surface area contributed by atoms with E-state index in [1.165, 1.54) is 0 Å². The molecule has 0 bridgehead atoms. The van der Waals surface area contributed by atoms with Crippen LogP contribution in [-0.2, 0) is 14.3 Å². The molecule has 0 aromatic heterocycles. The number of ketones is 1. The quantitative estimate of drug-likeness (QED) is 0.749. The van der Waals surface area contributed by atoms with Crippen molar-refractivity contribution < 1.29 is 14.3 Å². The normalized spacial score (nSPS) is 28.8. The Morgan fingerprint density at radius 1 is 1.47 bits per heavy atom. The van der Waals surface area contributed by atoms with Crippen molar-refractivity contribution in [1.29, 1.82) is 0 Å². The van der Waals surface area contributed by atoms with Crippen LogP contribution < -0.4 is 0 Å². The van der Waals surface area contributed by atoms with Gasteiger partial charge in [-0.1, -0.05) is 13.8 Å². The molecule has 4 heteroatoms. The van der Waals surface area contributed by atoms with Gasteiger partial charge in [0.1, 0.15) is 5.78 Å². The molecule has 1 amide bonds. The van der Waals surface area contributed by atoms with Crippen molar-refractivity contribution in [2.24, 2.45) is 11.8 Å². The van der Waals surface area contributed by atoms with E-state index in [4.69, 9.17) is 4.74 Å². The summed E-state index contributed by atoms with van der Waals surface area (Å²) in [5.74, 6) is 0.175. The summed E-state index contributed by atoms with van der Waals surface area (Å²) in [6, 6.07) is 0. The van der Waals surface area contributed by atoms with Crippen molar-refractivity contribution in [3.05, 3.63) is 0 Å². The zero-order valence-corrected chi connectivity index (χ0v) is 11.4. The zero-order chi connectivity index (χ0) is 13.2. The second-order valence-corrected chi connectivity index (χ2v) is 5.55. The van der Waals surface area contributed by atoms with E-state index in [9.17, 15) is 9.59 Å². The number of nitrogens with zero attached hydrogens (tertiary/aromatic N) is 1. The molecule has 0 spiro atoms. The maximum absolute atomic E-state index is 12.2. The molecular formula is C13H23NO3. The summed E-state index contributed by atoms with van der Waals surface area (Å²) >= 11 is 0. The van der Waals surface area contributed by atoms with Crippen LogP contribution in [0.25, 0.3) is 0 Å². The van der Waals surface area contributed by atoms with Crippen LogP contribution in [0.5, 0.6) is 0 Å². The van der Waals surface area contributed by atoms with Gasteiger partial charge in [-0.3, -0.25) is 9.59 Å². The molecule has 1 saturated heterocycles. The molecule has 1 heterocycles. The SMILES string of the molecule is COCC1(C)CC(C(C)=O)CN1C(=O)C(C)C. The van der Waals surface area contributed by atoms with Gasteiger partial charge in [0.2, 0.25) is 5.91 Å². The molecule has 0 aliphatic carbocycles. The van der Waals surface area contributed by atoms with Gasteiger partial charge < -0.3 is 9.64 Å². The summed E-state index contributed by atoms with van der Waals surface area (Å²) in [7, 11) is 1.63. The van der Waals surface area contributed by atoms with E-state index in [1.54, 1.807) is 14.0 Å². The Kier molecular flexibility index (Phi) is 4.31. The first-order chi connectivity index (χ1) is 7.81. The number of hydrogen-bond donors (Lipinski definition) is 0. The second kappa shape index (κ2) is 5.17. The van der Waals surface area contributed by atoms with Crippen LogP contribution in [0.1, 0.15) is 34.1 Å². The fourth-order valence-electron chi connectivity index (χ4n) is 2.53. The molecular weight excluding hydrogens is 218 g/mol. The Balaban J connectivity index is 2.92. The van der Waals surface area contributed by atoms with Crippen LogP contribution in [0, 0.1) is 11.8 Å². The van der Waals surface area contributed by atoms with Crippen LogP contribution >= 0.6 is 0 Å². The highest BCUT2D eigenvalue weighted by molar-refractivity contribution is 5.83. The lowest BCUT2D eigenvalue weighted by Crippen LogP contribution is -2.49. The minimum absolute atomic E-state index is 0.0437. The van der Waals surface area contributed by atoms with Crippen LogP contribution in [0.15, 0.2) is 0 Å². The summed E-state index contributed by atoms with van der Waals surface area (Å²) in [6.07, 6.45) is 0.703. The molecule has 0 aromatic carbocycles. The van der Waals surface area contributed by atoms with Gasteiger partial charge in [-0.25, -0.2) is 0 Å². The molecule has 4 nitrogen and oxygen atoms in total. The summed E-state index contributed by atoms with van der Waals surface area (Å²) in [5.41, 5.74) is -0.341. The summed E-state index contributed by atoms with van der Waals surface area (Å²) in [5, 5.41) is 0. The maximum Gasteiger partial charge on any atom is 0.225 e. The average molecular weight is 241 g/mol. The number of carbonyl (C=O) groups is 2. The highest BCUT2D eigenvalue weighted by atomic mass is 16.5. The minimum Gasteiger partial charge on any atom is -0.382 e. The van der Waals surface area contributed by atoms with Gasteiger partial charge >= 0.3 is 0 Å². The standard InChI is InChI=1S/C13H23NO3/c1-9(2)12(16)14-7-11(10(3)15)6-13(14,4)8-17-5/h9,11H,6-8H2,1-5H3. The number of carbonyl (C=O) groups excluding carboxylic acids is 2. The predicted molar refractivity (Wildman–Crippen MR) is 65.6 cm³/mol. The first-order valence-electron chi connectivity index (χ1n) is 6.12. The average Bonchev–Trinajstić information content (AvgIpc) is 2.55. The lowest BCUT2D eigenvalue weighted by atomic mass is 9.93. The Morgan fingerprint density at radius 3 is 2.47 bits per heavy atom. The Morgan fingerprint density at radius 2 is 2.06 bits per heavy atom. The van der Waals surface area contributed by atoms with Crippen LogP contribution in [0.4, 0.5) is 0 Å². The van der Waals surface area contributed by atoms with Crippen molar-refractivity contribution >= 4 is 11.7 Å². The number of ether oxygens (including phenoxy) is 1. The Bertz CT molecular complexity index is 314. The number of likely N-dealkylation sites (tertiary alicyclic amines) is 1. The van der Waals surface area contributed by atoms with Crippen molar-refractivity contribution in [1.82, 2.24) is 4.90 Å². The largest absolute Gasteiger partial charge is 0.382 e. The fourth-order valence-corrected chi connectivity index (χ4v) is 2.53. The van der Waals surface area contributed by atoms with Crippen molar-refractivity contribution in [2.45, 2.75) is 39.7 Å². The molecule has 0 aromatic rings. The van der Waals surface area contributed by atoms with E-state index in [2.05, 4.69) is 0 Å². The smallest absolute Gasteiger partial charge is 0.225 e. The second-order valence-electron chi connectivity index (χ2n) is 5.55. The van der Waals surface area contributed by atoms with Crippen molar-refractivity contribution in [2.75, 3.05) is 20.3 Å². The number of methoxy groups -OCH3 is 1. The first-order valence-corrected chi connectivity index (χ1v) is 6.12. The topological polar surface area (TPSA) is 46.6 Å². The molecule has 2 unspecified atom stereocenters. The Hall–Kier alpha value is -0.900. The molecule has 1 aliphatic heterocycles. The Labute approximate surface area is 103 Å². The monoisotopic (exact) mass is 241 g/mol. The van der Waals surface area contributed by atoms with Gasteiger partial charge in [0.25, 0.3) is 0 Å². The summed E-state index contributed by atoms with van der Waals surface area (Å²) in [6.45, 7) is 8.38. The number of amides is 1. The van der Waals surface area contributed by atoms with Gasteiger partial charge in [-0.05, 0) is 20.3 Å². The van der Waals surface area contributed by atoms with E-state index >= 15 is 0 Å². The molecule has 2 atom stereocenters. The summed E-state index contributed by atoms with van der Waals surface area (Å²) in [4.78, 5) is 25.5. The number of hydrogen-bond acceptors (Lipinski definition) is 3. The van der Waals surface area contributed by atoms with Crippen molar-refractivity contribution in [3.63, 3.8) is 0 Å². The molecule has 0 saturated carbocycles. The highest BCUT2D eigenvalue weighted by Gasteiger charge is 2.46. The van der Waals surface area contributed by atoms with Crippen LogP contribution in [0.3, 0.4) is 0 Å². The fraction of sp³-hybridized carbons (Fsp3) is 0.846. The van der Waals surface area contributed by atoms with Gasteiger partial charge in [-0.15, -0.1) is 0 Å². The molecule has 0 N–H and O–H groups in total. The molecule has 17 heavy (non-hydrogen) atoms. The van der Waals surface area contributed by atoms with E-state index in [-0.39, 0.29) is 29.1 Å². The van der Waals surface area contributed by atoms with Crippen LogP contribution in [0.2, 0.25) is 0 Å². The van der Waals surface area contributed by atoms with Gasteiger partial charge in [0.05, 0.1) is 12.1 Å². The predicted octanol–water partition coefficient (Wildman–Crippen LogP) is 1.49. The zero-order valence-electron chi connectivity index (χ0n) is 11.4. The highest BCUT2D eigenvalue weighted by Crippen LogP contribution is 2.34. The molecule has 0 radical (unpaired) electrons. The van der Waals surface area contributed by atoms with Crippen LogP contribution in [-0.4, -0.2) is 42.4 Å². The lowest BCUT2D eigenvalue weighted by molar-refractivity contribution is -0.140. The molecule has 1 fully saturated rings. The van der Waals surface area contributed by atoms with E-state index in [1.807, 2.05) is 25.7 Å². The molecule has 98 valence electrons. The third kappa shape index (κ3) is 2.86. The third-order valence-corrected chi connectivity index (χ3v) is 3.53. The minimum atomic E-state index is -0.341. The van der Waals surface area contributed by atoms with Gasteiger partial charge in [0.15, 0.2) is 0 Å². The van der Waals surface area contributed by atoms with Gasteiger partial charge in [0, 0.05) is 25.5 Å². The third-order valence-electron chi connectivity index (χ3n) is 3.53. The number of rotatable bonds is 4. The number of Topliss-reactive ketones (excluding diaryl/α,β-unsaturated/α-hetero) is 1. The van der Waals surface area contributed by atoms with Gasteiger partial charge in [-0.2, -0.15) is 0 Å². The van der Waals surface area contributed by atoms with E-state index in [0.717, 1.165) is 0 Å². The molecule has 1 aliphatic rings. The maximum atomic E-state index is 12.2. The van der Waals surface area contributed by atoms with E-state index < -0.39 is 0 Å². The summed E-state index contributed by atoms with van der Waals surface area (Å²) < 4.78 is 5.21. The van der Waals surface area contributed by atoms with Crippen molar-refractivity contribution in [3.8, 4) is 0 Å².